The second-order valence-electron chi connectivity index (χ2n) is 5.15. The van der Waals surface area contributed by atoms with E-state index >= 15 is 0 Å². The third-order valence-electron chi connectivity index (χ3n) is 3.37. The number of aryl methyl sites for hydroxylation is 1. The van der Waals surface area contributed by atoms with Gasteiger partial charge in [0.25, 0.3) is 5.91 Å². The molecular weight excluding hydrogens is 431 g/mol. The predicted molar refractivity (Wildman–Crippen MR) is 108 cm³/mol. The maximum absolute atomic E-state index is 12.1. The van der Waals surface area contributed by atoms with Gasteiger partial charge in [0.1, 0.15) is 6.61 Å². The highest BCUT2D eigenvalue weighted by Crippen LogP contribution is 2.33. The van der Waals surface area contributed by atoms with E-state index in [-0.39, 0.29) is 5.91 Å². The Kier molecular flexibility index (Phi) is 7.00. The Labute approximate surface area is 160 Å². The number of hydrogen-bond acceptors (Lipinski definition) is 4. The smallest absolute Gasteiger partial charge is 0.271 e. The quantitative estimate of drug-likeness (QED) is 0.301. The highest BCUT2D eigenvalue weighted by molar-refractivity contribution is 14.1. The third kappa shape index (κ3) is 5.06. The lowest BCUT2D eigenvalue weighted by molar-refractivity contribution is 0.0954. The Morgan fingerprint density at radius 2 is 2.12 bits per heavy atom. The van der Waals surface area contributed by atoms with Crippen molar-refractivity contribution in [1.29, 1.82) is 0 Å². The number of rotatable bonds is 7. The van der Waals surface area contributed by atoms with E-state index in [2.05, 4.69) is 39.7 Å². The van der Waals surface area contributed by atoms with Crippen LogP contribution in [-0.4, -0.2) is 25.8 Å². The van der Waals surface area contributed by atoms with E-state index in [0.29, 0.717) is 23.7 Å². The lowest BCUT2D eigenvalue weighted by Gasteiger charge is -2.12. The van der Waals surface area contributed by atoms with Gasteiger partial charge in [-0.1, -0.05) is 30.9 Å². The van der Waals surface area contributed by atoms with E-state index in [9.17, 15) is 4.79 Å². The van der Waals surface area contributed by atoms with Crippen LogP contribution < -0.4 is 14.9 Å². The maximum Gasteiger partial charge on any atom is 0.271 e. The maximum atomic E-state index is 12.1. The molecule has 2 aromatic carbocycles. The molecule has 0 aliphatic rings. The van der Waals surface area contributed by atoms with Crippen LogP contribution in [0.25, 0.3) is 0 Å². The van der Waals surface area contributed by atoms with Crippen LogP contribution in [0, 0.1) is 10.5 Å². The van der Waals surface area contributed by atoms with E-state index in [0.717, 1.165) is 14.7 Å². The van der Waals surface area contributed by atoms with Crippen molar-refractivity contribution in [3.05, 3.63) is 69.3 Å². The van der Waals surface area contributed by atoms with Crippen LogP contribution in [0.3, 0.4) is 0 Å². The molecule has 1 amide bonds. The van der Waals surface area contributed by atoms with Crippen LogP contribution in [-0.2, 0) is 0 Å². The summed E-state index contributed by atoms with van der Waals surface area (Å²) in [6, 6.07) is 11.0. The Morgan fingerprint density at radius 1 is 1.36 bits per heavy atom. The van der Waals surface area contributed by atoms with Crippen LogP contribution in [0.1, 0.15) is 21.5 Å². The fourth-order valence-corrected chi connectivity index (χ4v) is 2.93. The zero-order chi connectivity index (χ0) is 18.2. The standard InChI is InChI=1S/C19H19IN2O3/c1-4-9-25-18-16(20)10-14(11-17(18)24-3)12-21-22-19(23)15-8-6-5-7-13(15)2/h4-8,10-12H,1,9H2,2-3H3,(H,22,23)/b21-12-. The summed E-state index contributed by atoms with van der Waals surface area (Å²) in [5.74, 6) is 1.01. The average molecular weight is 450 g/mol. The molecule has 0 unspecified atom stereocenters. The van der Waals surface area contributed by atoms with Gasteiger partial charge >= 0.3 is 0 Å². The molecule has 25 heavy (non-hydrogen) atoms. The fraction of sp³-hybridized carbons (Fsp3) is 0.158. The zero-order valence-electron chi connectivity index (χ0n) is 14.1. The molecule has 0 saturated heterocycles. The Hall–Kier alpha value is -2.35. The normalized spacial score (nSPS) is 10.5. The van der Waals surface area contributed by atoms with Crippen molar-refractivity contribution in [3.8, 4) is 11.5 Å². The first-order valence-corrected chi connectivity index (χ1v) is 8.65. The number of hydrazone groups is 1. The molecule has 0 bridgehead atoms. The highest BCUT2D eigenvalue weighted by atomic mass is 127. The van der Waals surface area contributed by atoms with E-state index in [4.69, 9.17) is 9.47 Å². The Balaban J connectivity index is 2.13. The van der Waals surface area contributed by atoms with Crippen LogP contribution in [0.5, 0.6) is 11.5 Å². The van der Waals surface area contributed by atoms with Gasteiger partial charge in [0.15, 0.2) is 11.5 Å². The van der Waals surface area contributed by atoms with E-state index < -0.39 is 0 Å². The third-order valence-corrected chi connectivity index (χ3v) is 4.17. The summed E-state index contributed by atoms with van der Waals surface area (Å²) in [5, 5.41) is 4.03. The second kappa shape index (κ2) is 9.22. The van der Waals surface area contributed by atoms with Gasteiger partial charge in [-0.2, -0.15) is 5.10 Å². The van der Waals surface area contributed by atoms with Gasteiger partial charge in [0.2, 0.25) is 0 Å². The van der Waals surface area contributed by atoms with Gasteiger partial charge < -0.3 is 9.47 Å². The molecule has 0 atom stereocenters. The van der Waals surface area contributed by atoms with Crippen LogP contribution in [0.15, 0.2) is 54.2 Å². The molecule has 0 spiro atoms. The lowest BCUT2D eigenvalue weighted by atomic mass is 10.1. The molecule has 0 radical (unpaired) electrons. The van der Waals surface area contributed by atoms with Crippen molar-refractivity contribution in [3.63, 3.8) is 0 Å². The molecule has 1 N–H and O–H groups in total. The number of nitrogens with one attached hydrogen (secondary N) is 1. The molecule has 0 aromatic heterocycles. The van der Waals surface area contributed by atoms with Crippen LogP contribution >= 0.6 is 22.6 Å². The minimum Gasteiger partial charge on any atom is -0.493 e. The minimum absolute atomic E-state index is 0.248. The first-order chi connectivity index (χ1) is 12.1. The van der Waals surface area contributed by atoms with Crippen LogP contribution in [0.4, 0.5) is 0 Å². The summed E-state index contributed by atoms with van der Waals surface area (Å²) in [5.41, 5.74) is 4.82. The summed E-state index contributed by atoms with van der Waals surface area (Å²) < 4.78 is 11.9. The first kappa shape index (κ1) is 19.0. The number of halogens is 1. The summed E-state index contributed by atoms with van der Waals surface area (Å²) in [6.45, 7) is 5.91. The predicted octanol–water partition coefficient (Wildman–Crippen LogP) is 3.94. The molecule has 130 valence electrons. The van der Waals surface area contributed by atoms with E-state index in [1.807, 2.05) is 31.2 Å². The molecule has 0 fully saturated rings. The summed E-state index contributed by atoms with van der Waals surface area (Å²) in [6.07, 6.45) is 3.24. The van der Waals surface area contributed by atoms with Gasteiger partial charge in [-0.3, -0.25) is 4.79 Å². The van der Waals surface area contributed by atoms with Gasteiger partial charge in [-0.15, -0.1) is 0 Å². The molecule has 0 saturated carbocycles. The highest BCUT2D eigenvalue weighted by Gasteiger charge is 2.11. The van der Waals surface area contributed by atoms with Gasteiger partial charge in [-0.25, -0.2) is 5.43 Å². The van der Waals surface area contributed by atoms with Crippen molar-refractivity contribution in [1.82, 2.24) is 5.43 Å². The number of carbonyl (C=O) groups is 1. The van der Waals surface area contributed by atoms with E-state index in [1.165, 1.54) is 0 Å². The number of nitrogens with zero attached hydrogens (tertiary/aromatic N) is 1. The molecule has 2 rings (SSSR count). The van der Waals surface area contributed by atoms with Gasteiger partial charge in [-0.05, 0) is 58.8 Å². The average Bonchev–Trinajstić information content (AvgIpc) is 2.60. The Morgan fingerprint density at radius 3 is 2.80 bits per heavy atom. The monoisotopic (exact) mass is 450 g/mol. The van der Waals surface area contributed by atoms with Gasteiger partial charge in [0, 0.05) is 5.56 Å². The molecule has 0 aliphatic carbocycles. The zero-order valence-corrected chi connectivity index (χ0v) is 16.2. The Bertz CT molecular complexity index is 803. The number of benzene rings is 2. The van der Waals surface area contributed by atoms with Crippen molar-refractivity contribution in [2.75, 3.05) is 13.7 Å². The summed E-state index contributed by atoms with van der Waals surface area (Å²) in [4.78, 5) is 12.1. The molecule has 2 aromatic rings. The summed E-state index contributed by atoms with van der Waals surface area (Å²) >= 11 is 2.17. The first-order valence-electron chi connectivity index (χ1n) is 7.57. The number of ether oxygens (including phenoxy) is 2. The second-order valence-corrected chi connectivity index (χ2v) is 6.31. The van der Waals surface area contributed by atoms with E-state index in [1.54, 1.807) is 31.5 Å². The minimum atomic E-state index is -0.248. The number of carbonyl (C=O) groups excluding carboxylic acids is 1. The van der Waals surface area contributed by atoms with Crippen molar-refractivity contribution in [2.45, 2.75) is 6.92 Å². The SMILES string of the molecule is C=CCOc1c(I)cc(/C=N\NC(=O)c2ccccc2C)cc1OC. The number of methoxy groups -OCH3 is 1. The molecule has 0 aliphatic heterocycles. The molecular formula is C19H19IN2O3. The molecule has 5 nitrogen and oxygen atoms in total. The van der Waals surface area contributed by atoms with Crippen molar-refractivity contribution >= 4 is 34.7 Å². The topological polar surface area (TPSA) is 59.9 Å². The van der Waals surface area contributed by atoms with Gasteiger partial charge in [0.05, 0.1) is 16.9 Å². The largest absolute Gasteiger partial charge is 0.493 e. The fourth-order valence-electron chi connectivity index (χ4n) is 2.15. The van der Waals surface area contributed by atoms with Crippen LogP contribution in [0.2, 0.25) is 0 Å². The van der Waals surface area contributed by atoms with Crippen molar-refractivity contribution < 1.29 is 14.3 Å². The lowest BCUT2D eigenvalue weighted by Crippen LogP contribution is -2.18. The summed E-state index contributed by atoms with van der Waals surface area (Å²) in [7, 11) is 1.58. The molecule has 0 heterocycles. The molecule has 6 heteroatoms. The van der Waals surface area contributed by atoms with Crippen molar-refractivity contribution in [2.24, 2.45) is 5.10 Å². The number of hydrogen-bond donors (Lipinski definition) is 1. The number of amides is 1.